The third-order valence-electron chi connectivity index (χ3n) is 6.26. The second-order valence-electron chi connectivity index (χ2n) is 8.88. The van der Waals surface area contributed by atoms with Crippen molar-refractivity contribution >= 4 is 22.7 Å². The van der Waals surface area contributed by atoms with Gasteiger partial charge in [0.2, 0.25) is 5.91 Å². The van der Waals surface area contributed by atoms with Crippen LogP contribution in [-0.4, -0.2) is 29.0 Å². The number of hydrogen-bond donors (Lipinski definition) is 4. The number of imidazole rings is 1. The first-order chi connectivity index (χ1) is 17.6. The summed E-state index contributed by atoms with van der Waals surface area (Å²) >= 11 is 0. The Balaban J connectivity index is 1.43. The molecule has 0 bridgehead atoms. The Morgan fingerprint density at radius 1 is 0.917 bits per heavy atom. The van der Waals surface area contributed by atoms with E-state index in [9.17, 15) is 9.59 Å². The van der Waals surface area contributed by atoms with E-state index < -0.39 is 0 Å². The summed E-state index contributed by atoms with van der Waals surface area (Å²) in [6, 6.07) is 23.9. The Bertz CT molecular complexity index is 1290. The van der Waals surface area contributed by atoms with Crippen molar-refractivity contribution in [2.45, 2.75) is 44.7 Å². The van der Waals surface area contributed by atoms with Crippen LogP contribution in [-0.2, 0) is 11.3 Å². The molecule has 7 heteroatoms. The number of aromatic amines is 1. The third kappa shape index (κ3) is 6.95. The number of H-pyrrole nitrogens is 1. The average molecular weight is 484 g/mol. The van der Waals surface area contributed by atoms with Crippen molar-refractivity contribution in [3.63, 3.8) is 0 Å². The Hall–Kier alpha value is -4.13. The van der Waals surface area contributed by atoms with E-state index in [2.05, 4.69) is 56.3 Å². The van der Waals surface area contributed by atoms with E-state index in [0.717, 1.165) is 53.7 Å². The number of carbonyl (C=O) groups excluding carboxylic acids is 2. The van der Waals surface area contributed by atoms with Gasteiger partial charge in [-0.25, -0.2) is 9.78 Å². The molecular weight excluding hydrogens is 450 g/mol. The zero-order valence-electron chi connectivity index (χ0n) is 20.6. The van der Waals surface area contributed by atoms with Gasteiger partial charge >= 0.3 is 6.03 Å². The number of amides is 3. The monoisotopic (exact) mass is 483 g/mol. The number of aromatic nitrogens is 2. The maximum Gasteiger partial charge on any atom is 0.315 e. The van der Waals surface area contributed by atoms with E-state index in [0.29, 0.717) is 13.0 Å². The quantitative estimate of drug-likeness (QED) is 0.213. The lowest BCUT2D eigenvalue weighted by atomic mass is 10.1. The summed E-state index contributed by atoms with van der Waals surface area (Å²) < 4.78 is 0. The molecule has 0 aliphatic carbocycles. The van der Waals surface area contributed by atoms with Gasteiger partial charge in [0.15, 0.2) is 0 Å². The normalized spacial score (nSPS) is 11.7. The van der Waals surface area contributed by atoms with Crippen LogP contribution < -0.4 is 16.0 Å². The fourth-order valence-corrected chi connectivity index (χ4v) is 4.22. The topological polar surface area (TPSA) is 98.9 Å². The summed E-state index contributed by atoms with van der Waals surface area (Å²) in [7, 11) is 1.65. The van der Waals surface area contributed by atoms with Gasteiger partial charge in [0.25, 0.3) is 0 Å². The summed E-state index contributed by atoms with van der Waals surface area (Å²) in [5, 5.41) is 11.0. The van der Waals surface area contributed by atoms with Crippen molar-refractivity contribution in [2.24, 2.45) is 0 Å². The van der Waals surface area contributed by atoms with E-state index in [1.165, 1.54) is 5.39 Å². The first-order valence-corrected chi connectivity index (χ1v) is 12.5. The smallest absolute Gasteiger partial charge is 0.315 e. The molecular formula is C29H33N5O2. The van der Waals surface area contributed by atoms with Crippen molar-refractivity contribution in [2.75, 3.05) is 7.05 Å². The van der Waals surface area contributed by atoms with Gasteiger partial charge in [0, 0.05) is 25.6 Å². The molecule has 1 aromatic heterocycles. The second kappa shape index (κ2) is 12.5. The number of nitrogens with zero attached hydrogens (tertiary/aromatic N) is 1. The average Bonchev–Trinajstić information content (AvgIpc) is 3.41. The number of nitrogens with one attached hydrogen (secondary N) is 4. The lowest BCUT2D eigenvalue weighted by Crippen LogP contribution is -2.38. The molecule has 4 N–H and O–H groups in total. The molecule has 1 atom stereocenters. The van der Waals surface area contributed by atoms with Crippen LogP contribution in [0.3, 0.4) is 0 Å². The minimum atomic E-state index is -0.269. The predicted molar refractivity (Wildman–Crippen MR) is 143 cm³/mol. The molecule has 0 spiro atoms. The molecule has 0 saturated carbocycles. The van der Waals surface area contributed by atoms with Crippen LogP contribution in [0.15, 0.2) is 79.0 Å². The van der Waals surface area contributed by atoms with E-state index >= 15 is 0 Å². The summed E-state index contributed by atoms with van der Waals surface area (Å²) in [6.07, 6.45) is 5.63. The number of hydrogen-bond acceptors (Lipinski definition) is 3. The van der Waals surface area contributed by atoms with Gasteiger partial charge < -0.3 is 20.9 Å². The standard InChI is InChI=1S/C29H33N5O2/c1-30-27(35)15-7-3-6-14-25(34-29(36)32-19-21-10-4-2-5-11-21)28-31-20-26(33-28)24-17-16-22-12-8-9-13-23(22)18-24/h2,4-5,8-13,16-18,20,25H,3,6-7,14-15,19H2,1H3,(H,30,35)(H,31,33)(H2,32,34,36)/t25-/m0/s1. The highest BCUT2D eigenvalue weighted by molar-refractivity contribution is 5.86. The summed E-state index contributed by atoms with van der Waals surface area (Å²) in [5.74, 6) is 0.773. The van der Waals surface area contributed by atoms with E-state index in [-0.39, 0.29) is 18.0 Å². The molecule has 3 aromatic carbocycles. The second-order valence-corrected chi connectivity index (χ2v) is 8.88. The van der Waals surface area contributed by atoms with Crippen LogP contribution in [0.5, 0.6) is 0 Å². The van der Waals surface area contributed by atoms with E-state index in [1.54, 1.807) is 7.05 Å². The van der Waals surface area contributed by atoms with Gasteiger partial charge in [-0.1, -0.05) is 79.6 Å². The highest BCUT2D eigenvalue weighted by Gasteiger charge is 2.18. The summed E-state index contributed by atoms with van der Waals surface area (Å²) in [6.45, 7) is 0.450. The van der Waals surface area contributed by atoms with Gasteiger partial charge in [-0.05, 0) is 35.2 Å². The van der Waals surface area contributed by atoms with Crippen molar-refractivity contribution < 1.29 is 9.59 Å². The van der Waals surface area contributed by atoms with Crippen molar-refractivity contribution in [1.29, 1.82) is 0 Å². The number of urea groups is 1. The summed E-state index contributed by atoms with van der Waals surface area (Å²) in [5.41, 5.74) is 2.99. The fourth-order valence-electron chi connectivity index (χ4n) is 4.22. The number of fused-ring (bicyclic) bond motifs is 1. The van der Waals surface area contributed by atoms with Crippen molar-refractivity contribution in [1.82, 2.24) is 25.9 Å². The Labute approximate surface area is 211 Å². The predicted octanol–water partition coefficient (Wildman–Crippen LogP) is 5.47. The van der Waals surface area contributed by atoms with Crippen LogP contribution in [0.4, 0.5) is 4.79 Å². The number of carbonyl (C=O) groups is 2. The minimum absolute atomic E-state index is 0.0519. The molecule has 3 amide bonds. The lowest BCUT2D eigenvalue weighted by molar-refractivity contribution is -0.120. The van der Waals surface area contributed by atoms with Gasteiger partial charge in [0.1, 0.15) is 5.82 Å². The SMILES string of the molecule is CNC(=O)CCCCC[C@H](NC(=O)NCc1ccccc1)c1ncc(-c2ccc3ccccc3c2)[nH]1. The largest absolute Gasteiger partial charge is 0.359 e. The van der Waals surface area contributed by atoms with Gasteiger partial charge in [-0.15, -0.1) is 0 Å². The van der Waals surface area contributed by atoms with E-state index in [4.69, 9.17) is 0 Å². The molecule has 0 unspecified atom stereocenters. The molecule has 7 nitrogen and oxygen atoms in total. The van der Waals surface area contributed by atoms with Crippen molar-refractivity contribution in [3.05, 3.63) is 90.4 Å². The molecule has 4 rings (SSSR count). The number of benzene rings is 3. The highest BCUT2D eigenvalue weighted by Crippen LogP contribution is 2.25. The molecule has 0 aliphatic heterocycles. The molecule has 1 heterocycles. The first kappa shape index (κ1) is 25.0. The maximum absolute atomic E-state index is 12.7. The molecule has 0 radical (unpaired) electrons. The Morgan fingerprint density at radius 3 is 2.50 bits per heavy atom. The van der Waals surface area contributed by atoms with Gasteiger partial charge in [-0.3, -0.25) is 4.79 Å². The van der Waals surface area contributed by atoms with Crippen LogP contribution in [0.1, 0.15) is 49.5 Å². The van der Waals surface area contributed by atoms with Crippen LogP contribution in [0, 0.1) is 0 Å². The minimum Gasteiger partial charge on any atom is -0.359 e. The molecule has 0 saturated heterocycles. The molecule has 36 heavy (non-hydrogen) atoms. The van der Waals surface area contributed by atoms with Gasteiger partial charge in [-0.2, -0.15) is 0 Å². The number of rotatable bonds is 11. The van der Waals surface area contributed by atoms with E-state index in [1.807, 2.05) is 48.7 Å². The molecule has 0 fully saturated rings. The molecule has 186 valence electrons. The van der Waals surface area contributed by atoms with Crippen LogP contribution in [0.25, 0.3) is 22.0 Å². The highest BCUT2D eigenvalue weighted by atomic mass is 16.2. The third-order valence-corrected chi connectivity index (χ3v) is 6.26. The van der Waals surface area contributed by atoms with Gasteiger partial charge in [0.05, 0.1) is 17.9 Å². The van der Waals surface area contributed by atoms with Crippen LogP contribution >= 0.6 is 0 Å². The first-order valence-electron chi connectivity index (χ1n) is 12.5. The molecule has 4 aromatic rings. The zero-order valence-corrected chi connectivity index (χ0v) is 20.6. The van der Waals surface area contributed by atoms with Crippen molar-refractivity contribution in [3.8, 4) is 11.3 Å². The lowest BCUT2D eigenvalue weighted by Gasteiger charge is -2.17. The fraction of sp³-hybridized carbons (Fsp3) is 0.276. The zero-order chi connectivity index (χ0) is 25.2. The number of unbranched alkanes of at least 4 members (excludes halogenated alkanes) is 2. The van der Waals surface area contributed by atoms with Crippen LogP contribution in [0.2, 0.25) is 0 Å². The maximum atomic E-state index is 12.7. The Morgan fingerprint density at radius 2 is 1.69 bits per heavy atom. The molecule has 0 aliphatic rings. The summed E-state index contributed by atoms with van der Waals surface area (Å²) in [4.78, 5) is 32.3. The Kier molecular flexibility index (Phi) is 8.70.